The second-order valence-corrected chi connectivity index (χ2v) is 3.99. The molecule has 1 fully saturated rings. The molecule has 1 N–H and O–H groups in total. The fraction of sp³-hybridized carbons (Fsp3) is 1.00. The maximum atomic E-state index is 9.64. The molecule has 1 aliphatic rings. The molecule has 2 heteroatoms. The first-order valence-electron chi connectivity index (χ1n) is 4.33. The summed E-state index contributed by atoms with van der Waals surface area (Å²) in [5.74, 6) is 0.557. The van der Waals surface area contributed by atoms with E-state index in [2.05, 4.69) is 0 Å². The first kappa shape index (κ1) is 11.5. The molecule has 0 aromatic heterocycles. The van der Waals surface area contributed by atoms with Crippen molar-refractivity contribution in [1.82, 2.24) is 0 Å². The Morgan fingerprint density at radius 2 is 1.55 bits per heavy atom. The monoisotopic (exact) mass is 193 g/mol. The molecule has 1 saturated carbocycles. The zero-order chi connectivity index (χ0) is 7.61. The van der Waals surface area contributed by atoms with Crippen LogP contribution in [0, 0.1) is 5.92 Å². The molecule has 0 spiro atoms. The van der Waals surface area contributed by atoms with Gasteiger partial charge in [-0.2, -0.15) is 0 Å². The number of rotatable bonds is 1. The Kier molecular flexibility index (Phi) is 4.77. The van der Waals surface area contributed by atoms with Gasteiger partial charge >= 0.3 is 0 Å². The van der Waals surface area contributed by atoms with Crippen molar-refractivity contribution in [2.75, 3.05) is 0 Å². The van der Waals surface area contributed by atoms with Crippen molar-refractivity contribution in [3.63, 3.8) is 0 Å². The Balaban J connectivity index is 0.000001000. The van der Waals surface area contributed by atoms with Gasteiger partial charge in [-0.15, -0.1) is 0 Å². The molecule has 0 unspecified atom stereocenters. The Labute approximate surface area is 81.5 Å². The number of aliphatic hydroxyl groups is 1. The van der Waals surface area contributed by atoms with Crippen LogP contribution in [0.1, 0.15) is 46.0 Å². The van der Waals surface area contributed by atoms with Gasteiger partial charge in [0.2, 0.25) is 0 Å². The van der Waals surface area contributed by atoms with Gasteiger partial charge in [0.15, 0.2) is 0 Å². The Morgan fingerprint density at radius 1 is 1.09 bits per heavy atom. The summed E-state index contributed by atoms with van der Waals surface area (Å²) in [5.41, 5.74) is -0.430. The van der Waals surface area contributed by atoms with E-state index in [0.717, 1.165) is 0 Å². The standard InChI is InChI=1S/C9H18O.V/c1-9(2,10)8-6-4-3-5-7-8;/h8,10H,3-7H2,1-2H3;. The van der Waals surface area contributed by atoms with Crippen molar-refractivity contribution in [2.45, 2.75) is 51.6 Å². The molecule has 0 aromatic carbocycles. The summed E-state index contributed by atoms with van der Waals surface area (Å²) in [6.07, 6.45) is 6.45. The van der Waals surface area contributed by atoms with Gasteiger partial charge in [-0.25, -0.2) is 0 Å². The molecule has 1 aliphatic carbocycles. The van der Waals surface area contributed by atoms with Crippen LogP contribution in [0.3, 0.4) is 0 Å². The van der Waals surface area contributed by atoms with E-state index in [1.54, 1.807) is 0 Å². The minimum absolute atomic E-state index is 0. The second kappa shape index (κ2) is 4.54. The quantitative estimate of drug-likeness (QED) is 0.677. The van der Waals surface area contributed by atoms with Crippen LogP contribution in [0.15, 0.2) is 0 Å². The first-order chi connectivity index (χ1) is 4.61. The van der Waals surface area contributed by atoms with Crippen molar-refractivity contribution >= 4 is 0 Å². The van der Waals surface area contributed by atoms with E-state index in [-0.39, 0.29) is 18.6 Å². The zero-order valence-corrected chi connectivity index (χ0v) is 8.90. The molecule has 0 bridgehead atoms. The van der Waals surface area contributed by atoms with Gasteiger partial charge in [0.05, 0.1) is 5.60 Å². The molecular weight excluding hydrogens is 175 g/mol. The predicted octanol–water partition coefficient (Wildman–Crippen LogP) is 2.34. The molecule has 0 aliphatic heterocycles. The number of hydrogen-bond donors (Lipinski definition) is 1. The van der Waals surface area contributed by atoms with Crippen LogP contribution in [0.2, 0.25) is 0 Å². The van der Waals surface area contributed by atoms with Gasteiger partial charge in [0.1, 0.15) is 0 Å². The van der Waals surface area contributed by atoms with Crippen molar-refractivity contribution in [1.29, 1.82) is 0 Å². The Morgan fingerprint density at radius 3 is 1.82 bits per heavy atom. The van der Waals surface area contributed by atoms with Crippen LogP contribution >= 0.6 is 0 Å². The summed E-state index contributed by atoms with van der Waals surface area (Å²) in [4.78, 5) is 0. The van der Waals surface area contributed by atoms with Crippen molar-refractivity contribution < 1.29 is 23.7 Å². The molecule has 65 valence electrons. The summed E-state index contributed by atoms with van der Waals surface area (Å²) in [5, 5.41) is 9.64. The molecule has 1 rings (SSSR count). The van der Waals surface area contributed by atoms with E-state index >= 15 is 0 Å². The van der Waals surface area contributed by atoms with Crippen LogP contribution in [0.4, 0.5) is 0 Å². The fourth-order valence-corrected chi connectivity index (χ4v) is 1.81. The minimum atomic E-state index is -0.430. The first-order valence-corrected chi connectivity index (χ1v) is 4.33. The van der Waals surface area contributed by atoms with Crippen molar-refractivity contribution in [3.05, 3.63) is 0 Å². The average Bonchev–Trinajstić information content (AvgIpc) is 1.88. The van der Waals surface area contributed by atoms with Crippen molar-refractivity contribution in [2.24, 2.45) is 5.92 Å². The van der Waals surface area contributed by atoms with E-state index in [1.165, 1.54) is 32.1 Å². The van der Waals surface area contributed by atoms with Gasteiger partial charge in [0, 0.05) is 18.6 Å². The van der Waals surface area contributed by atoms with Crippen LogP contribution in [0.25, 0.3) is 0 Å². The predicted molar refractivity (Wildman–Crippen MR) is 42.9 cm³/mol. The third-order valence-electron chi connectivity index (χ3n) is 2.60. The third-order valence-corrected chi connectivity index (χ3v) is 2.60. The molecule has 11 heavy (non-hydrogen) atoms. The van der Waals surface area contributed by atoms with E-state index in [4.69, 9.17) is 0 Å². The van der Waals surface area contributed by atoms with E-state index < -0.39 is 5.60 Å². The summed E-state index contributed by atoms with van der Waals surface area (Å²) in [6, 6.07) is 0. The van der Waals surface area contributed by atoms with Crippen LogP contribution in [-0.2, 0) is 18.6 Å². The van der Waals surface area contributed by atoms with Gasteiger partial charge in [-0.3, -0.25) is 0 Å². The zero-order valence-electron chi connectivity index (χ0n) is 7.51. The maximum absolute atomic E-state index is 9.64. The average molecular weight is 193 g/mol. The van der Waals surface area contributed by atoms with Crippen LogP contribution < -0.4 is 0 Å². The Bertz CT molecular complexity index is 101. The largest absolute Gasteiger partial charge is 0.390 e. The second-order valence-electron chi connectivity index (χ2n) is 3.99. The topological polar surface area (TPSA) is 20.2 Å². The van der Waals surface area contributed by atoms with E-state index in [1.807, 2.05) is 13.8 Å². The summed E-state index contributed by atoms with van der Waals surface area (Å²) < 4.78 is 0. The molecule has 1 radical (unpaired) electrons. The van der Waals surface area contributed by atoms with E-state index in [9.17, 15) is 5.11 Å². The molecule has 0 heterocycles. The minimum Gasteiger partial charge on any atom is -0.390 e. The molecule has 1 nitrogen and oxygen atoms in total. The van der Waals surface area contributed by atoms with Crippen LogP contribution in [-0.4, -0.2) is 10.7 Å². The van der Waals surface area contributed by atoms with Gasteiger partial charge in [0.25, 0.3) is 0 Å². The Hall–Kier alpha value is 0.544. The van der Waals surface area contributed by atoms with Crippen LogP contribution in [0.5, 0.6) is 0 Å². The molecule has 0 saturated heterocycles. The normalized spacial score (nSPS) is 21.0. The van der Waals surface area contributed by atoms with E-state index in [0.29, 0.717) is 5.92 Å². The molecule has 0 atom stereocenters. The van der Waals surface area contributed by atoms with Gasteiger partial charge in [-0.1, -0.05) is 19.3 Å². The molecule has 0 amide bonds. The third kappa shape index (κ3) is 3.64. The van der Waals surface area contributed by atoms with Gasteiger partial charge in [-0.05, 0) is 32.6 Å². The maximum Gasteiger partial charge on any atom is 0.0619 e. The SMILES string of the molecule is CC(C)(O)C1CCCCC1.[V]. The van der Waals surface area contributed by atoms with Gasteiger partial charge < -0.3 is 5.11 Å². The molecular formula is C9H18OV. The summed E-state index contributed by atoms with van der Waals surface area (Å²) in [6.45, 7) is 3.87. The number of hydrogen-bond acceptors (Lipinski definition) is 1. The fourth-order valence-electron chi connectivity index (χ4n) is 1.81. The summed E-state index contributed by atoms with van der Waals surface area (Å²) in [7, 11) is 0. The smallest absolute Gasteiger partial charge is 0.0619 e. The molecule has 0 aromatic rings. The summed E-state index contributed by atoms with van der Waals surface area (Å²) >= 11 is 0. The van der Waals surface area contributed by atoms with Crippen molar-refractivity contribution in [3.8, 4) is 0 Å².